The van der Waals surface area contributed by atoms with Gasteiger partial charge in [0.2, 0.25) is 8.03 Å². The van der Waals surface area contributed by atoms with Crippen molar-refractivity contribution in [1.82, 2.24) is 0 Å². The molecule has 0 aromatic rings. The van der Waals surface area contributed by atoms with Gasteiger partial charge in [0.05, 0.1) is 6.61 Å². The summed E-state index contributed by atoms with van der Waals surface area (Å²) in [5.41, 5.74) is 0. The first-order valence-corrected chi connectivity index (χ1v) is 7.59. The van der Waals surface area contributed by atoms with E-state index in [1.165, 1.54) is 13.0 Å². The molecule has 0 radical (unpaired) electrons. The number of hydrogen-bond acceptors (Lipinski definition) is 5. The third-order valence-electron chi connectivity index (χ3n) is 2.08. The van der Waals surface area contributed by atoms with Gasteiger partial charge < -0.3 is 9.26 Å². The summed E-state index contributed by atoms with van der Waals surface area (Å²) >= 11 is 0. The Bertz CT molecular complexity index is 312. The Hall–Kier alpha value is -1.09. The van der Waals surface area contributed by atoms with Crippen molar-refractivity contribution in [2.75, 3.05) is 12.8 Å². The Morgan fingerprint density at radius 1 is 1.17 bits per heavy atom. The predicted octanol–water partition coefficient (Wildman–Crippen LogP) is 2.70. The first-order valence-electron chi connectivity index (χ1n) is 6.07. The molecule has 0 aliphatic rings. The molecule has 0 N–H and O–H groups in total. The second-order valence-corrected chi connectivity index (χ2v) is 5.25. The molecule has 0 fully saturated rings. The summed E-state index contributed by atoms with van der Waals surface area (Å²) in [6.45, 7) is 3.41. The van der Waals surface area contributed by atoms with Crippen molar-refractivity contribution in [3.8, 4) is 0 Å². The van der Waals surface area contributed by atoms with Crippen molar-refractivity contribution in [3.63, 3.8) is 0 Å². The molecule has 1 unspecified atom stereocenters. The molecule has 0 aromatic carbocycles. The van der Waals surface area contributed by atoms with Gasteiger partial charge in [0, 0.05) is 19.2 Å². The van der Waals surface area contributed by atoms with Crippen molar-refractivity contribution in [2.45, 2.75) is 39.5 Å². The van der Waals surface area contributed by atoms with E-state index in [-0.39, 0.29) is 5.97 Å². The zero-order valence-corrected chi connectivity index (χ0v) is 11.9. The topological polar surface area (TPSA) is 69.7 Å². The van der Waals surface area contributed by atoms with Crippen LogP contribution in [0.15, 0.2) is 12.2 Å². The summed E-state index contributed by atoms with van der Waals surface area (Å²) in [5.74, 6) is -0.813. The Kier molecular flexibility index (Phi) is 10.4. The van der Waals surface area contributed by atoms with Crippen LogP contribution in [0.25, 0.3) is 0 Å². The van der Waals surface area contributed by atoms with E-state index in [4.69, 9.17) is 4.74 Å². The average Bonchev–Trinajstić information content (AvgIpc) is 2.27. The first kappa shape index (κ1) is 16.9. The minimum atomic E-state index is -2.20. The van der Waals surface area contributed by atoms with Crippen molar-refractivity contribution in [3.05, 3.63) is 12.2 Å². The third-order valence-corrected chi connectivity index (χ3v) is 3.36. The fraction of sp³-hybridized carbons (Fsp3) is 0.667. The van der Waals surface area contributed by atoms with Crippen molar-refractivity contribution in [2.24, 2.45) is 0 Å². The highest BCUT2D eigenvalue weighted by atomic mass is 31.1. The average molecular weight is 276 g/mol. The van der Waals surface area contributed by atoms with Gasteiger partial charge in [-0.1, -0.05) is 18.9 Å². The van der Waals surface area contributed by atoms with Crippen LogP contribution in [-0.4, -0.2) is 24.7 Å². The van der Waals surface area contributed by atoms with Crippen LogP contribution in [0.2, 0.25) is 0 Å². The number of carbonyl (C=O) groups is 2. The molecule has 5 nitrogen and oxygen atoms in total. The largest absolute Gasteiger partial charge is 0.463 e. The molecule has 0 aliphatic heterocycles. The highest BCUT2D eigenvalue weighted by molar-refractivity contribution is 7.39. The minimum absolute atomic E-state index is 0.322. The van der Waals surface area contributed by atoms with Crippen LogP contribution in [0, 0.1) is 0 Å². The van der Waals surface area contributed by atoms with Gasteiger partial charge in [-0.15, -0.1) is 0 Å². The van der Waals surface area contributed by atoms with E-state index in [0.29, 0.717) is 12.8 Å². The first-order chi connectivity index (χ1) is 8.56. The maximum absolute atomic E-state index is 11.2. The molecule has 0 amide bonds. The molecule has 1 atom stereocenters. The van der Waals surface area contributed by atoms with Crippen LogP contribution in [-0.2, 0) is 23.4 Å². The van der Waals surface area contributed by atoms with E-state index < -0.39 is 14.0 Å². The van der Waals surface area contributed by atoms with Gasteiger partial charge in [0.1, 0.15) is 0 Å². The van der Waals surface area contributed by atoms with E-state index in [9.17, 15) is 14.2 Å². The number of unbranched alkanes of at least 4 members (excludes halogenated alkanes) is 3. The number of rotatable bonds is 9. The van der Waals surface area contributed by atoms with Crippen molar-refractivity contribution in [1.29, 1.82) is 0 Å². The molecular weight excluding hydrogens is 255 g/mol. The van der Waals surface area contributed by atoms with Crippen molar-refractivity contribution >= 4 is 20.0 Å². The number of ether oxygens (including phenoxy) is 1. The number of hydrogen-bond donors (Lipinski definition) is 0. The van der Waals surface area contributed by atoms with Gasteiger partial charge in [-0.25, -0.2) is 4.79 Å². The smallest absolute Gasteiger partial charge is 0.330 e. The lowest BCUT2D eigenvalue weighted by Crippen LogP contribution is -2.02. The fourth-order valence-electron chi connectivity index (χ4n) is 1.29. The molecule has 104 valence electrons. The Labute approximate surface area is 108 Å². The highest BCUT2D eigenvalue weighted by Crippen LogP contribution is 2.24. The monoisotopic (exact) mass is 276 g/mol. The minimum Gasteiger partial charge on any atom is -0.463 e. The zero-order chi connectivity index (χ0) is 13.8. The lowest BCUT2D eigenvalue weighted by atomic mass is 10.2. The Morgan fingerprint density at radius 2 is 1.83 bits per heavy atom. The van der Waals surface area contributed by atoms with E-state index in [1.807, 2.05) is 0 Å². The van der Waals surface area contributed by atoms with Gasteiger partial charge in [-0.3, -0.25) is 9.36 Å². The van der Waals surface area contributed by atoms with E-state index in [0.717, 1.165) is 25.7 Å². The van der Waals surface area contributed by atoms with Gasteiger partial charge in [-0.05, 0) is 19.8 Å². The fourth-order valence-corrected chi connectivity index (χ4v) is 2.25. The molecule has 0 rings (SSSR count). The van der Waals surface area contributed by atoms with Gasteiger partial charge >= 0.3 is 11.9 Å². The molecule has 18 heavy (non-hydrogen) atoms. The van der Waals surface area contributed by atoms with Crippen LogP contribution in [0.5, 0.6) is 0 Å². The Balaban J connectivity index is 3.33. The second kappa shape index (κ2) is 11.0. The molecule has 0 spiro atoms. The van der Waals surface area contributed by atoms with E-state index in [2.05, 4.69) is 4.52 Å². The molecule has 6 heteroatoms. The van der Waals surface area contributed by atoms with Crippen LogP contribution < -0.4 is 0 Å². The maximum Gasteiger partial charge on any atom is 0.330 e. The molecular formula is C12H21O5P. The van der Waals surface area contributed by atoms with E-state index >= 15 is 0 Å². The second-order valence-electron chi connectivity index (χ2n) is 3.80. The van der Waals surface area contributed by atoms with Crippen LogP contribution >= 0.6 is 8.03 Å². The molecule has 0 saturated carbocycles. The number of esters is 1. The van der Waals surface area contributed by atoms with Crippen LogP contribution in [0.1, 0.15) is 39.5 Å². The molecule has 0 heterocycles. The SMILES string of the molecule is CC=CC(=O)OCCCCCC[PH](=O)OC(C)=O. The number of carbonyl (C=O) groups excluding carboxylic acids is 2. The molecule has 0 saturated heterocycles. The lowest BCUT2D eigenvalue weighted by Gasteiger charge is -2.03. The summed E-state index contributed by atoms with van der Waals surface area (Å²) in [5, 5.41) is 0. The highest BCUT2D eigenvalue weighted by Gasteiger charge is 2.02. The summed E-state index contributed by atoms with van der Waals surface area (Å²) in [6.07, 6.45) is 6.78. The standard InChI is InChI=1S/C12H21O5P/c1-3-8-12(14)16-9-6-4-5-7-10-18(15)17-11(2)13/h3,8,18H,4-7,9-10H2,1-2H3. The predicted molar refractivity (Wildman–Crippen MR) is 69.9 cm³/mol. The molecule has 0 aromatic heterocycles. The van der Waals surface area contributed by atoms with Gasteiger partial charge in [0.15, 0.2) is 0 Å². The van der Waals surface area contributed by atoms with Gasteiger partial charge in [-0.2, -0.15) is 0 Å². The Morgan fingerprint density at radius 3 is 2.44 bits per heavy atom. The summed E-state index contributed by atoms with van der Waals surface area (Å²) < 4.78 is 20.6. The van der Waals surface area contributed by atoms with Crippen LogP contribution in [0.4, 0.5) is 0 Å². The lowest BCUT2D eigenvalue weighted by molar-refractivity contribution is -0.138. The summed E-state index contributed by atoms with van der Waals surface area (Å²) in [7, 11) is -2.20. The normalized spacial score (nSPS) is 12.3. The zero-order valence-electron chi connectivity index (χ0n) is 10.9. The van der Waals surface area contributed by atoms with Gasteiger partial charge in [0.25, 0.3) is 0 Å². The third kappa shape index (κ3) is 11.4. The summed E-state index contributed by atoms with van der Waals surface area (Å²) in [6, 6.07) is 0. The van der Waals surface area contributed by atoms with Crippen LogP contribution in [0.3, 0.4) is 0 Å². The molecule has 0 aliphatic carbocycles. The molecule has 0 bridgehead atoms. The van der Waals surface area contributed by atoms with Crippen molar-refractivity contribution < 1.29 is 23.4 Å². The maximum atomic E-state index is 11.2. The number of allylic oxidation sites excluding steroid dienone is 1. The van der Waals surface area contributed by atoms with E-state index in [1.54, 1.807) is 13.0 Å². The summed E-state index contributed by atoms with van der Waals surface area (Å²) in [4.78, 5) is 21.4. The quantitative estimate of drug-likeness (QED) is 0.280.